The van der Waals surface area contributed by atoms with Crippen molar-refractivity contribution in [2.24, 2.45) is 0 Å². The van der Waals surface area contributed by atoms with Gasteiger partial charge in [-0.1, -0.05) is 26.2 Å². The summed E-state index contributed by atoms with van der Waals surface area (Å²) >= 11 is 0. The highest BCUT2D eigenvalue weighted by Crippen LogP contribution is 1.96. The molecule has 0 aromatic heterocycles. The van der Waals surface area contributed by atoms with Crippen molar-refractivity contribution in [3.8, 4) is 0 Å². The zero-order chi connectivity index (χ0) is 13.1. The number of aliphatic carboxylic acids is 1. The number of carbonyl (C=O) groups excluding carboxylic acids is 1. The molecule has 0 aromatic carbocycles. The Morgan fingerprint density at radius 3 is 2.35 bits per heavy atom. The van der Waals surface area contributed by atoms with E-state index >= 15 is 0 Å². The summed E-state index contributed by atoms with van der Waals surface area (Å²) in [6, 6.07) is -0.320. The third-order valence-electron chi connectivity index (χ3n) is 2.30. The van der Waals surface area contributed by atoms with Crippen molar-refractivity contribution in [1.29, 1.82) is 0 Å². The molecule has 0 radical (unpaired) electrons. The lowest BCUT2D eigenvalue weighted by molar-refractivity contribution is -0.146. The fourth-order valence-corrected chi connectivity index (χ4v) is 1.26. The smallest absolute Gasteiger partial charge is 0.332 e. The second-order valence-corrected chi connectivity index (χ2v) is 3.89. The molecule has 0 aliphatic rings. The van der Waals surface area contributed by atoms with Gasteiger partial charge in [0.15, 0.2) is 6.10 Å². The van der Waals surface area contributed by atoms with Crippen molar-refractivity contribution >= 4 is 12.0 Å². The van der Waals surface area contributed by atoms with E-state index in [2.05, 4.69) is 17.6 Å². The van der Waals surface area contributed by atoms with E-state index in [9.17, 15) is 9.59 Å². The zero-order valence-electron chi connectivity index (χ0n) is 10.2. The van der Waals surface area contributed by atoms with Crippen LogP contribution in [0.3, 0.4) is 0 Å². The summed E-state index contributed by atoms with van der Waals surface area (Å²) in [5.41, 5.74) is 0. The molecule has 0 bridgehead atoms. The number of rotatable bonds is 9. The normalized spacial score (nSPS) is 11.9. The van der Waals surface area contributed by atoms with Gasteiger partial charge < -0.3 is 20.8 Å². The number of carboxylic acids is 1. The maximum Gasteiger partial charge on any atom is 0.332 e. The van der Waals surface area contributed by atoms with Crippen LogP contribution in [-0.4, -0.2) is 41.4 Å². The standard InChI is InChI=1S/C11H22N2O4/c1-2-3-4-5-7-12-11(17)13-8-6-9(14)10(15)16/h9,14H,2-8H2,1H3,(H,15,16)(H2,12,13,17)/t9-/m0/s1. The predicted octanol–water partition coefficient (Wildman–Crippen LogP) is 0.701. The molecule has 0 fully saturated rings. The lowest BCUT2D eigenvalue weighted by atomic mass is 10.2. The quantitative estimate of drug-likeness (QED) is 0.450. The van der Waals surface area contributed by atoms with Crippen molar-refractivity contribution in [3.63, 3.8) is 0 Å². The molecule has 0 aliphatic heterocycles. The summed E-state index contributed by atoms with van der Waals surface area (Å²) in [7, 11) is 0. The van der Waals surface area contributed by atoms with Gasteiger partial charge in [-0.3, -0.25) is 0 Å². The van der Waals surface area contributed by atoms with Crippen LogP contribution in [0.4, 0.5) is 4.79 Å². The zero-order valence-corrected chi connectivity index (χ0v) is 10.2. The van der Waals surface area contributed by atoms with Crippen LogP contribution in [0.5, 0.6) is 0 Å². The van der Waals surface area contributed by atoms with Gasteiger partial charge in [0.2, 0.25) is 0 Å². The molecule has 0 saturated heterocycles. The molecule has 0 aliphatic carbocycles. The minimum Gasteiger partial charge on any atom is -0.479 e. The highest BCUT2D eigenvalue weighted by Gasteiger charge is 2.12. The Balaban J connectivity index is 3.38. The third kappa shape index (κ3) is 9.62. The molecule has 2 amide bonds. The second-order valence-electron chi connectivity index (χ2n) is 3.89. The molecule has 6 nitrogen and oxygen atoms in total. The monoisotopic (exact) mass is 246 g/mol. The first-order valence-electron chi connectivity index (χ1n) is 6.00. The van der Waals surface area contributed by atoms with Crippen LogP contribution in [0.25, 0.3) is 0 Å². The summed E-state index contributed by atoms with van der Waals surface area (Å²) in [5, 5.41) is 22.5. The van der Waals surface area contributed by atoms with Crippen LogP contribution in [0, 0.1) is 0 Å². The molecule has 1 atom stereocenters. The summed E-state index contributed by atoms with van der Waals surface area (Å²) in [6.07, 6.45) is 2.94. The SMILES string of the molecule is CCCCCCNC(=O)NCC[C@H](O)C(=O)O. The summed E-state index contributed by atoms with van der Waals surface area (Å²) < 4.78 is 0. The first kappa shape index (κ1) is 15.7. The van der Waals surface area contributed by atoms with E-state index in [0.717, 1.165) is 25.7 Å². The lowest BCUT2D eigenvalue weighted by Crippen LogP contribution is -2.38. The highest BCUT2D eigenvalue weighted by atomic mass is 16.4. The fourth-order valence-electron chi connectivity index (χ4n) is 1.26. The van der Waals surface area contributed by atoms with Crippen LogP contribution in [0.1, 0.15) is 39.0 Å². The number of carbonyl (C=O) groups is 2. The van der Waals surface area contributed by atoms with Gasteiger partial charge in [0.25, 0.3) is 0 Å². The first-order chi connectivity index (χ1) is 8.07. The molecular weight excluding hydrogens is 224 g/mol. The van der Waals surface area contributed by atoms with Crippen LogP contribution in [0.2, 0.25) is 0 Å². The van der Waals surface area contributed by atoms with Gasteiger partial charge in [-0.25, -0.2) is 9.59 Å². The van der Waals surface area contributed by atoms with E-state index in [0.29, 0.717) is 6.54 Å². The average molecular weight is 246 g/mol. The van der Waals surface area contributed by atoms with Crippen molar-refractivity contribution in [2.45, 2.75) is 45.1 Å². The molecule has 0 saturated carbocycles. The van der Waals surface area contributed by atoms with E-state index in [4.69, 9.17) is 10.2 Å². The van der Waals surface area contributed by atoms with Gasteiger partial charge >= 0.3 is 12.0 Å². The molecule has 0 rings (SSSR count). The molecule has 0 unspecified atom stereocenters. The maximum absolute atomic E-state index is 11.2. The number of nitrogens with one attached hydrogen (secondary N) is 2. The van der Waals surface area contributed by atoms with Crippen LogP contribution < -0.4 is 10.6 Å². The largest absolute Gasteiger partial charge is 0.479 e. The Labute approximate surface area is 101 Å². The van der Waals surface area contributed by atoms with Crippen molar-refractivity contribution < 1.29 is 19.8 Å². The van der Waals surface area contributed by atoms with E-state index in [1.54, 1.807) is 0 Å². The minimum atomic E-state index is -1.42. The lowest BCUT2D eigenvalue weighted by Gasteiger charge is -2.08. The Morgan fingerprint density at radius 1 is 1.12 bits per heavy atom. The fraction of sp³-hybridized carbons (Fsp3) is 0.818. The number of amides is 2. The molecule has 4 N–H and O–H groups in total. The third-order valence-corrected chi connectivity index (χ3v) is 2.30. The summed E-state index contributed by atoms with van der Waals surface area (Å²) in [5.74, 6) is -1.27. The van der Waals surface area contributed by atoms with Crippen LogP contribution >= 0.6 is 0 Å². The Bertz CT molecular complexity index is 234. The van der Waals surface area contributed by atoms with Crippen LogP contribution in [0.15, 0.2) is 0 Å². The van der Waals surface area contributed by atoms with Crippen LogP contribution in [-0.2, 0) is 4.79 Å². The summed E-state index contributed by atoms with van der Waals surface area (Å²) in [6.45, 7) is 2.88. The van der Waals surface area contributed by atoms with Crippen molar-refractivity contribution in [1.82, 2.24) is 10.6 Å². The molecule has 0 aromatic rings. The number of carboxylic acid groups (broad SMARTS) is 1. The molecule has 17 heavy (non-hydrogen) atoms. The van der Waals surface area contributed by atoms with Crippen molar-refractivity contribution in [2.75, 3.05) is 13.1 Å². The Morgan fingerprint density at radius 2 is 1.76 bits per heavy atom. The van der Waals surface area contributed by atoms with Gasteiger partial charge in [0.05, 0.1) is 0 Å². The topological polar surface area (TPSA) is 98.7 Å². The van der Waals surface area contributed by atoms with Gasteiger partial charge in [-0.15, -0.1) is 0 Å². The predicted molar refractivity (Wildman–Crippen MR) is 63.8 cm³/mol. The molecule has 0 heterocycles. The van der Waals surface area contributed by atoms with E-state index in [1.165, 1.54) is 0 Å². The number of aliphatic hydroxyl groups is 1. The molecular formula is C11H22N2O4. The number of hydrogen-bond donors (Lipinski definition) is 4. The molecule has 6 heteroatoms. The maximum atomic E-state index is 11.2. The second kappa shape index (κ2) is 9.89. The van der Waals surface area contributed by atoms with Gasteiger partial charge in [0, 0.05) is 19.5 Å². The summed E-state index contributed by atoms with van der Waals surface area (Å²) in [4.78, 5) is 21.4. The van der Waals surface area contributed by atoms with E-state index in [1.807, 2.05) is 0 Å². The van der Waals surface area contributed by atoms with Gasteiger partial charge in [-0.2, -0.15) is 0 Å². The molecule has 0 spiro atoms. The van der Waals surface area contributed by atoms with E-state index in [-0.39, 0.29) is 19.0 Å². The number of hydrogen-bond acceptors (Lipinski definition) is 3. The number of urea groups is 1. The van der Waals surface area contributed by atoms with Gasteiger partial charge in [0.1, 0.15) is 0 Å². The first-order valence-corrected chi connectivity index (χ1v) is 6.00. The van der Waals surface area contributed by atoms with Crippen molar-refractivity contribution in [3.05, 3.63) is 0 Å². The Hall–Kier alpha value is -1.30. The molecule has 100 valence electrons. The number of unbranched alkanes of at least 4 members (excludes halogenated alkanes) is 3. The highest BCUT2D eigenvalue weighted by molar-refractivity contribution is 5.74. The minimum absolute atomic E-state index is 0.0125. The van der Waals surface area contributed by atoms with Gasteiger partial charge in [-0.05, 0) is 6.42 Å². The average Bonchev–Trinajstić information content (AvgIpc) is 2.28. The van der Waals surface area contributed by atoms with E-state index < -0.39 is 12.1 Å². The Kier molecular flexibility index (Phi) is 9.14. The number of aliphatic hydroxyl groups excluding tert-OH is 1.